The van der Waals surface area contributed by atoms with Gasteiger partial charge in [0.1, 0.15) is 11.8 Å². The van der Waals surface area contributed by atoms with Crippen LogP contribution in [0.2, 0.25) is 0 Å². The lowest BCUT2D eigenvalue weighted by Crippen LogP contribution is -2.30. The smallest absolute Gasteiger partial charge is 0.303 e. The normalized spacial score (nSPS) is 10.2. The lowest BCUT2D eigenvalue weighted by molar-refractivity contribution is -0.138. The van der Waals surface area contributed by atoms with E-state index in [4.69, 9.17) is 5.11 Å². The number of rotatable bonds is 5. The Morgan fingerprint density at radius 1 is 1.28 bits per heavy atom. The van der Waals surface area contributed by atoms with Crippen LogP contribution in [0.1, 0.15) is 12.8 Å². The van der Waals surface area contributed by atoms with Gasteiger partial charge in [-0.25, -0.2) is 15.0 Å². The Morgan fingerprint density at radius 2 is 2.11 bits per heavy atom. The SMILES string of the molecule is O=C(O)CCC(=O)NNc1ncnc2nc[nH]c12. The Bertz CT molecular complexity index is 580. The second-order valence-electron chi connectivity index (χ2n) is 3.39. The summed E-state index contributed by atoms with van der Waals surface area (Å²) in [7, 11) is 0. The zero-order valence-electron chi connectivity index (χ0n) is 9.17. The zero-order chi connectivity index (χ0) is 13.0. The van der Waals surface area contributed by atoms with Crippen LogP contribution in [0.3, 0.4) is 0 Å². The van der Waals surface area contributed by atoms with Crippen molar-refractivity contribution in [2.75, 3.05) is 5.43 Å². The van der Waals surface area contributed by atoms with E-state index in [1.807, 2.05) is 0 Å². The van der Waals surface area contributed by atoms with E-state index < -0.39 is 11.9 Å². The van der Waals surface area contributed by atoms with Crippen LogP contribution in [0.5, 0.6) is 0 Å². The third-order valence-corrected chi connectivity index (χ3v) is 2.11. The molecule has 0 aliphatic rings. The summed E-state index contributed by atoms with van der Waals surface area (Å²) >= 11 is 0. The number of fused-ring (bicyclic) bond motifs is 1. The van der Waals surface area contributed by atoms with Gasteiger partial charge >= 0.3 is 5.97 Å². The van der Waals surface area contributed by atoms with Crippen LogP contribution < -0.4 is 10.9 Å². The molecule has 2 aromatic rings. The Hall–Kier alpha value is -2.71. The molecule has 0 unspecified atom stereocenters. The summed E-state index contributed by atoms with van der Waals surface area (Å²) in [4.78, 5) is 36.1. The molecule has 2 heterocycles. The van der Waals surface area contributed by atoms with Gasteiger partial charge in [0.15, 0.2) is 11.5 Å². The number of hydrogen-bond acceptors (Lipinski definition) is 6. The number of carboxylic acid groups (broad SMARTS) is 1. The van der Waals surface area contributed by atoms with Crippen molar-refractivity contribution in [2.24, 2.45) is 0 Å². The first-order valence-corrected chi connectivity index (χ1v) is 5.07. The highest BCUT2D eigenvalue weighted by molar-refractivity contribution is 5.85. The first kappa shape index (κ1) is 11.8. The minimum atomic E-state index is -1.02. The molecule has 1 amide bonds. The molecule has 2 rings (SSSR count). The quantitative estimate of drug-likeness (QED) is 0.533. The number of H-pyrrole nitrogens is 1. The van der Waals surface area contributed by atoms with E-state index in [0.717, 1.165) is 0 Å². The molecule has 0 aromatic carbocycles. The van der Waals surface area contributed by atoms with E-state index in [0.29, 0.717) is 17.0 Å². The molecular formula is C9H10N6O3. The largest absolute Gasteiger partial charge is 0.481 e. The molecule has 0 saturated heterocycles. The van der Waals surface area contributed by atoms with Crippen LogP contribution >= 0.6 is 0 Å². The molecule has 4 N–H and O–H groups in total. The summed E-state index contributed by atoms with van der Waals surface area (Å²) in [5, 5.41) is 8.43. The van der Waals surface area contributed by atoms with Gasteiger partial charge in [0.25, 0.3) is 0 Å². The van der Waals surface area contributed by atoms with E-state index in [1.165, 1.54) is 12.7 Å². The Morgan fingerprint density at radius 3 is 2.89 bits per heavy atom. The minimum Gasteiger partial charge on any atom is -0.481 e. The monoisotopic (exact) mass is 250 g/mol. The van der Waals surface area contributed by atoms with E-state index in [9.17, 15) is 9.59 Å². The number of imidazole rings is 1. The number of aromatic amines is 1. The van der Waals surface area contributed by atoms with E-state index in [-0.39, 0.29) is 12.8 Å². The van der Waals surface area contributed by atoms with Crippen LogP contribution in [0.25, 0.3) is 11.2 Å². The van der Waals surface area contributed by atoms with Crippen LogP contribution in [-0.4, -0.2) is 36.9 Å². The lowest BCUT2D eigenvalue weighted by Gasteiger charge is -2.06. The van der Waals surface area contributed by atoms with Crippen molar-refractivity contribution >= 4 is 28.9 Å². The van der Waals surface area contributed by atoms with Crippen molar-refractivity contribution in [3.8, 4) is 0 Å². The van der Waals surface area contributed by atoms with Gasteiger partial charge in [-0.1, -0.05) is 0 Å². The van der Waals surface area contributed by atoms with E-state index in [2.05, 4.69) is 30.8 Å². The molecule has 2 aromatic heterocycles. The molecule has 0 spiro atoms. The Kier molecular flexibility index (Phi) is 3.32. The summed E-state index contributed by atoms with van der Waals surface area (Å²) in [6, 6.07) is 0. The van der Waals surface area contributed by atoms with Gasteiger partial charge < -0.3 is 10.1 Å². The van der Waals surface area contributed by atoms with Gasteiger partial charge in [0, 0.05) is 6.42 Å². The zero-order valence-corrected chi connectivity index (χ0v) is 9.17. The molecular weight excluding hydrogens is 240 g/mol. The Labute approximate surface area is 101 Å². The van der Waals surface area contributed by atoms with Crippen LogP contribution in [0, 0.1) is 0 Å². The molecule has 0 aliphatic heterocycles. The number of aromatic nitrogens is 4. The van der Waals surface area contributed by atoms with Crippen molar-refractivity contribution in [1.82, 2.24) is 25.4 Å². The van der Waals surface area contributed by atoms with Crippen molar-refractivity contribution in [3.63, 3.8) is 0 Å². The summed E-state index contributed by atoms with van der Waals surface area (Å²) < 4.78 is 0. The highest BCUT2D eigenvalue weighted by Gasteiger charge is 2.08. The van der Waals surface area contributed by atoms with Gasteiger partial charge in [-0.15, -0.1) is 0 Å². The maximum absolute atomic E-state index is 11.3. The number of carbonyl (C=O) groups is 2. The highest BCUT2D eigenvalue weighted by Crippen LogP contribution is 2.12. The standard InChI is InChI=1S/C9H10N6O3/c16-5(1-2-6(17)18)14-15-9-7-8(11-3-10-7)12-4-13-9/h3-4H,1-2H2,(H,14,16)(H,17,18)(H2,10,11,12,13,15). The maximum Gasteiger partial charge on any atom is 0.303 e. The number of amides is 1. The van der Waals surface area contributed by atoms with Gasteiger partial charge in [-0.3, -0.25) is 20.4 Å². The number of nitrogens with zero attached hydrogens (tertiary/aromatic N) is 3. The molecule has 94 valence electrons. The summed E-state index contributed by atoms with van der Waals surface area (Å²) in [6.07, 6.45) is 2.42. The molecule has 0 atom stereocenters. The van der Waals surface area contributed by atoms with Crippen LogP contribution in [0.15, 0.2) is 12.7 Å². The van der Waals surface area contributed by atoms with Gasteiger partial charge in [0.2, 0.25) is 5.91 Å². The van der Waals surface area contributed by atoms with E-state index in [1.54, 1.807) is 0 Å². The average Bonchev–Trinajstić information content (AvgIpc) is 2.82. The summed E-state index contributed by atoms with van der Waals surface area (Å²) in [6.45, 7) is 0. The summed E-state index contributed by atoms with van der Waals surface area (Å²) in [5.74, 6) is -1.10. The Balaban J connectivity index is 1.96. The van der Waals surface area contributed by atoms with Gasteiger partial charge in [-0.05, 0) is 0 Å². The molecule has 0 aliphatic carbocycles. The molecule has 9 heteroatoms. The summed E-state index contributed by atoms with van der Waals surface area (Å²) in [5.41, 5.74) is 5.95. The molecule has 0 bridgehead atoms. The predicted molar refractivity (Wildman–Crippen MR) is 60.3 cm³/mol. The first-order valence-electron chi connectivity index (χ1n) is 5.07. The van der Waals surface area contributed by atoms with Crippen LogP contribution in [-0.2, 0) is 9.59 Å². The van der Waals surface area contributed by atoms with Crippen molar-refractivity contribution in [1.29, 1.82) is 0 Å². The molecule has 0 radical (unpaired) electrons. The number of anilines is 1. The molecule has 0 fully saturated rings. The number of hydrazine groups is 1. The topological polar surface area (TPSA) is 133 Å². The number of hydrogen-bond donors (Lipinski definition) is 4. The predicted octanol–water partition coefficient (Wildman–Crippen LogP) is -0.339. The molecule has 18 heavy (non-hydrogen) atoms. The minimum absolute atomic E-state index is 0.112. The second-order valence-corrected chi connectivity index (χ2v) is 3.39. The lowest BCUT2D eigenvalue weighted by atomic mass is 10.3. The first-order chi connectivity index (χ1) is 8.66. The second kappa shape index (κ2) is 5.08. The molecule has 9 nitrogen and oxygen atoms in total. The fourth-order valence-electron chi connectivity index (χ4n) is 1.27. The average molecular weight is 250 g/mol. The third-order valence-electron chi connectivity index (χ3n) is 2.11. The van der Waals surface area contributed by atoms with Crippen molar-refractivity contribution < 1.29 is 14.7 Å². The van der Waals surface area contributed by atoms with Gasteiger partial charge in [-0.2, -0.15) is 0 Å². The van der Waals surface area contributed by atoms with E-state index >= 15 is 0 Å². The van der Waals surface area contributed by atoms with Gasteiger partial charge in [0.05, 0.1) is 12.7 Å². The number of aliphatic carboxylic acids is 1. The number of nitrogens with one attached hydrogen (secondary N) is 3. The maximum atomic E-state index is 11.3. The fourth-order valence-corrected chi connectivity index (χ4v) is 1.27. The highest BCUT2D eigenvalue weighted by atomic mass is 16.4. The van der Waals surface area contributed by atoms with Crippen LogP contribution in [0.4, 0.5) is 5.82 Å². The molecule has 0 saturated carbocycles. The number of carboxylic acids is 1. The van der Waals surface area contributed by atoms with Crippen molar-refractivity contribution in [3.05, 3.63) is 12.7 Å². The third kappa shape index (κ3) is 2.70. The number of carbonyl (C=O) groups excluding carboxylic acids is 1. The fraction of sp³-hybridized carbons (Fsp3) is 0.222. The van der Waals surface area contributed by atoms with Crippen molar-refractivity contribution in [2.45, 2.75) is 12.8 Å².